The molecule has 0 saturated heterocycles. The van der Waals surface area contributed by atoms with Crippen molar-refractivity contribution in [3.63, 3.8) is 0 Å². The summed E-state index contributed by atoms with van der Waals surface area (Å²) < 4.78 is 28.8. The van der Waals surface area contributed by atoms with Crippen LogP contribution in [-0.4, -0.2) is 18.8 Å². The second-order valence-electron chi connectivity index (χ2n) is 6.30. The summed E-state index contributed by atoms with van der Waals surface area (Å²) in [5.74, 6) is 0.434. The summed E-state index contributed by atoms with van der Waals surface area (Å²) in [6.07, 6.45) is 2.17. The Morgan fingerprint density at radius 1 is 1.21 bits per heavy atom. The molecule has 4 nitrogen and oxygen atoms in total. The van der Waals surface area contributed by atoms with Crippen LogP contribution < -0.4 is 5.73 Å². The average molecular weight is 409 g/mol. The van der Waals surface area contributed by atoms with Crippen LogP contribution in [0.5, 0.6) is 0 Å². The van der Waals surface area contributed by atoms with Crippen LogP contribution in [0, 0.1) is 5.92 Å². The van der Waals surface area contributed by atoms with Crippen molar-refractivity contribution in [2.24, 2.45) is 5.92 Å². The van der Waals surface area contributed by atoms with Gasteiger partial charge in [0.25, 0.3) is 0 Å². The fourth-order valence-corrected chi connectivity index (χ4v) is 5.51. The lowest BCUT2D eigenvalue weighted by atomic mass is 10.2. The number of nitrogen functional groups attached to an aromatic ring is 1. The maximum absolute atomic E-state index is 13.3. The Labute approximate surface area is 151 Å². The summed E-state index contributed by atoms with van der Waals surface area (Å²) in [5, 5.41) is 0. The van der Waals surface area contributed by atoms with Gasteiger partial charge in [-0.05, 0) is 65.4 Å². The molecule has 1 atom stereocenters. The van der Waals surface area contributed by atoms with Crippen LogP contribution in [0.2, 0.25) is 0 Å². The maximum atomic E-state index is 13.3. The smallest absolute Gasteiger partial charge is 0.244 e. The molecule has 0 bridgehead atoms. The fourth-order valence-electron chi connectivity index (χ4n) is 2.87. The van der Waals surface area contributed by atoms with Crippen molar-refractivity contribution in [2.75, 3.05) is 5.73 Å². The molecule has 0 aromatic heterocycles. The summed E-state index contributed by atoms with van der Waals surface area (Å²) in [4.78, 5) is 0.228. The average Bonchev–Trinajstić information content (AvgIpc) is 3.40. The first-order valence-electron chi connectivity index (χ1n) is 8.00. The molecule has 1 saturated carbocycles. The van der Waals surface area contributed by atoms with Crippen molar-refractivity contribution >= 4 is 31.6 Å². The van der Waals surface area contributed by atoms with Gasteiger partial charge in [0.05, 0.1) is 4.90 Å². The predicted octanol–water partition coefficient (Wildman–Crippen LogP) is 4.02. The first-order valence-corrected chi connectivity index (χ1v) is 10.2. The van der Waals surface area contributed by atoms with Crippen molar-refractivity contribution in [3.8, 4) is 0 Å². The highest BCUT2D eigenvalue weighted by Crippen LogP contribution is 2.39. The topological polar surface area (TPSA) is 63.4 Å². The quantitative estimate of drug-likeness (QED) is 0.733. The van der Waals surface area contributed by atoms with E-state index in [9.17, 15) is 8.42 Å². The van der Waals surface area contributed by atoms with Crippen LogP contribution in [-0.2, 0) is 16.6 Å². The van der Waals surface area contributed by atoms with E-state index in [2.05, 4.69) is 15.9 Å². The summed E-state index contributed by atoms with van der Waals surface area (Å²) in [7, 11) is -3.65. The zero-order valence-electron chi connectivity index (χ0n) is 13.5. The fraction of sp³-hybridized carbons (Fsp3) is 0.333. The van der Waals surface area contributed by atoms with E-state index < -0.39 is 10.0 Å². The van der Waals surface area contributed by atoms with E-state index in [-0.39, 0.29) is 10.9 Å². The van der Waals surface area contributed by atoms with E-state index in [1.54, 1.807) is 16.4 Å². The Hall–Kier alpha value is -1.37. The summed E-state index contributed by atoms with van der Waals surface area (Å²) in [6, 6.07) is 14.6. The van der Waals surface area contributed by atoms with E-state index in [1.165, 1.54) is 6.07 Å². The minimum Gasteiger partial charge on any atom is -0.399 e. The molecule has 1 fully saturated rings. The molecule has 24 heavy (non-hydrogen) atoms. The van der Waals surface area contributed by atoms with Crippen LogP contribution in [0.4, 0.5) is 5.69 Å². The lowest BCUT2D eigenvalue weighted by molar-refractivity contribution is 0.303. The molecule has 128 valence electrons. The molecular formula is C18H21BrN2O2S. The minimum absolute atomic E-state index is 0.0384. The third-order valence-corrected chi connectivity index (χ3v) is 7.41. The number of hydrogen-bond donors (Lipinski definition) is 1. The van der Waals surface area contributed by atoms with Gasteiger partial charge in [-0.2, -0.15) is 4.31 Å². The van der Waals surface area contributed by atoms with Gasteiger partial charge in [0.1, 0.15) is 0 Å². The van der Waals surface area contributed by atoms with Gasteiger partial charge in [0.15, 0.2) is 0 Å². The van der Waals surface area contributed by atoms with Crippen LogP contribution in [0.15, 0.2) is 57.9 Å². The van der Waals surface area contributed by atoms with Gasteiger partial charge in [-0.3, -0.25) is 0 Å². The standard InChI is InChI=1S/C18H21BrN2O2S/c1-13(15-7-8-15)21(12-14-5-3-2-4-6-14)24(22,23)18-11-16(20)9-10-17(18)19/h2-6,9-11,13,15H,7-8,12,20H2,1H3. The number of halogens is 1. The van der Waals surface area contributed by atoms with Gasteiger partial charge in [-0.15, -0.1) is 0 Å². The molecule has 3 rings (SSSR count). The van der Waals surface area contributed by atoms with Crippen LogP contribution in [0.1, 0.15) is 25.3 Å². The van der Waals surface area contributed by atoms with Gasteiger partial charge in [0.2, 0.25) is 10.0 Å². The van der Waals surface area contributed by atoms with Gasteiger partial charge in [-0.25, -0.2) is 8.42 Å². The van der Waals surface area contributed by atoms with E-state index in [0.29, 0.717) is 22.6 Å². The number of hydrogen-bond acceptors (Lipinski definition) is 3. The Morgan fingerprint density at radius 2 is 1.88 bits per heavy atom. The zero-order valence-corrected chi connectivity index (χ0v) is 15.9. The maximum Gasteiger partial charge on any atom is 0.244 e. The van der Waals surface area contributed by atoms with E-state index in [1.807, 2.05) is 37.3 Å². The SMILES string of the molecule is CC(C1CC1)N(Cc1ccccc1)S(=O)(=O)c1cc(N)ccc1Br. The first kappa shape index (κ1) is 17.5. The van der Waals surface area contributed by atoms with Crippen molar-refractivity contribution in [3.05, 3.63) is 58.6 Å². The number of benzene rings is 2. The summed E-state index contributed by atoms with van der Waals surface area (Å²) in [6.45, 7) is 2.36. The summed E-state index contributed by atoms with van der Waals surface area (Å²) >= 11 is 3.36. The first-order chi connectivity index (χ1) is 11.4. The van der Waals surface area contributed by atoms with Crippen molar-refractivity contribution in [2.45, 2.75) is 37.2 Å². The Morgan fingerprint density at radius 3 is 2.50 bits per heavy atom. The third-order valence-electron chi connectivity index (χ3n) is 4.48. The molecule has 6 heteroatoms. The summed E-state index contributed by atoms with van der Waals surface area (Å²) in [5.41, 5.74) is 7.24. The second-order valence-corrected chi connectivity index (χ2v) is 9.02. The zero-order chi connectivity index (χ0) is 17.3. The highest BCUT2D eigenvalue weighted by atomic mass is 79.9. The van der Waals surface area contributed by atoms with E-state index in [0.717, 1.165) is 18.4 Å². The molecule has 0 amide bonds. The van der Waals surface area contributed by atoms with Crippen LogP contribution >= 0.6 is 15.9 Å². The monoisotopic (exact) mass is 408 g/mol. The molecule has 1 unspecified atom stereocenters. The van der Waals surface area contributed by atoms with Gasteiger partial charge < -0.3 is 5.73 Å². The van der Waals surface area contributed by atoms with Crippen molar-refractivity contribution < 1.29 is 8.42 Å². The number of rotatable bonds is 6. The largest absolute Gasteiger partial charge is 0.399 e. The van der Waals surface area contributed by atoms with Gasteiger partial charge in [-0.1, -0.05) is 30.3 Å². The van der Waals surface area contributed by atoms with Crippen molar-refractivity contribution in [1.29, 1.82) is 0 Å². The molecule has 2 aromatic rings. The van der Waals surface area contributed by atoms with Crippen LogP contribution in [0.3, 0.4) is 0 Å². The van der Waals surface area contributed by atoms with E-state index >= 15 is 0 Å². The van der Waals surface area contributed by atoms with Crippen molar-refractivity contribution in [1.82, 2.24) is 4.31 Å². The molecule has 2 N–H and O–H groups in total. The lowest BCUT2D eigenvalue weighted by Gasteiger charge is -2.29. The highest BCUT2D eigenvalue weighted by molar-refractivity contribution is 9.10. The number of nitrogens with two attached hydrogens (primary N) is 1. The third kappa shape index (κ3) is 3.66. The predicted molar refractivity (Wildman–Crippen MR) is 99.9 cm³/mol. The highest BCUT2D eigenvalue weighted by Gasteiger charge is 2.39. The van der Waals surface area contributed by atoms with Crippen LogP contribution in [0.25, 0.3) is 0 Å². The molecule has 0 aliphatic heterocycles. The number of sulfonamides is 1. The Bertz CT molecular complexity index is 820. The molecule has 1 aliphatic carbocycles. The van der Waals surface area contributed by atoms with E-state index in [4.69, 9.17) is 5.73 Å². The lowest BCUT2D eigenvalue weighted by Crippen LogP contribution is -2.39. The Kier molecular flexibility index (Phi) is 4.99. The van der Waals surface area contributed by atoms with Gasteiger partial charge in [0, 0.05) is 22.7 Å². The molecule has 0 radical (unpaired) electrons. The molecule has 0 spiro atoms. The molecule has 0 heterocycles. The number of nitrogens with zero attached hydrogens (tertiary/aromatic N) is 1. The normalized spacial score (nSPS) is 16.3. The molecular weight excluding hydrogens is 388 g/mol. The second kappa shape index (κ2) is 6.86. The Balaban J connectivity index is 2.01. The molecule has 1 aliphatic rings. The molecule has 2 aromatic carbocycles. The van der Waals surface area contributed by atoms with Gasteiger partial charge >= 0.3 is 0 Å². The number of anilines is 1. The minimum atomic E-state index is -3.65.